The number of pyridine rings is 1. The summed E-state index contributed by atoms with van der Waals surface area (Å²) < 4.78 is 38.4. The second-order valence-electron chi connectivity index (χ2n) is 8.04. The number of sulfonamides is 1. The fourth-order valence-electron chi connectivity index (χ4n) is 3.82. The fraction of sp³-hybridized carbons (Fsp3) is 0.261. The van der Waals surface area contributed by atoms with Crippen molar-refractivity contribution in [1.29, 1.82) is 0 Å². The van der Waals surface area contributed by atoms with Crippen LogP contribution < -0.4 is 9.46 Å². The molecule has 3 heterocycles. The van der Waals surface area contributed by atoms with Gasteiger partial charge in [0.25, 0.3) is 5.91 Å². The molecule has 33 heavy (non-hydrogen) atoms. The zero-order chi connectivity index (χ0) is 23.0. The lowest BCUT2D eigenvalue weighted by Crippen LogP contribution is -2.30. The highest BCUT2D eigenvalue weighted by Crippen LogP contribution is 2.42. The van der Waals surface area contributed by atoms with Gasteiger partial charge in [-0.3, -0.25) is 4.79 Å². The number of nitrogens with zero attached hydrogens (tertiary/aromatic N) is 3. The van der Waals surface area contributed by atoms with Crippen molar-refractivity contribution in [1.82, 2.24) is 19.5 Å². The van der Waals surface area contributed by atoms with Gasteiger partial charge in [-0.25, -0.2) is 22.8 Å². The first-order chi connectivity index (χ1) is 15.9. The standard InChI is InChI=1S/C23H22N4O5S/c1-33(29,30)26-23(28)18-13-19(32-14-17-11-6-12-31-17)20-21(15-7-5-8-15)25-27(22(20)24-18)16-9-3-2-4-10-16/h2-4,6,9-13,15H,5,7-8,14H2,1H3,(H,26,28). The molecule has 1 N–H and O–H groups in total. The summed E-state index contributed by atoms with van der Waals surface area (Å²) in [5.41, 5.74) is 1.98. The molecule has 4 aromatic rings. The summed E-state index contributed by atoms with van der Waals surface area (Å²) in [4.78, 5) is 17.2. The third-order valence-corrected chi connectivity index (χ3v) is 6.14. The van der Waals surface area contributed by atoms with E-state index in [1.165, 1.54) is 6.07 Å². The molecule has 9 nitrogen and oxygen atoms in total. The van der Waals surface area contributed by atoms with Gasteiger partial charge < -0.3 is 9.15 Å². The summed E-state index contributed by atoms with van der Waals surface area (Å²) in [5, 5.41) is 5.58. The van der Waals surface area contributed by atoms with Crippen LogP contribution in [0.25, 0.3) is 16.7 Å². The number of benzene rings is 1. The lowest BCUT2D eigenvalue weighted by molar-refractivity contribution is 0.0976. The molecule has 1 saturated carbocycles. The summed E-state index contributed by atoms with van der Waals surface area (Å²) in [5.74, 6) is 0.441. The molecule has 1 fully saturated rings. The number of ether oxygens (including phenoxy) is 1. The largest absolute Gasteiger partial charge is 0.485 e. The summed E-state index contributed by atoms with van der Waals surface area (Å²) in [6, 6.07) is 14.5. The third kappa shape index (κ3) is 4.34. The monoisotopic (exact) mass is 466 g/mol. The van der Waals surface area contributed by atoms with Crippen LogP contribution in [0.2, 0.25) is 0 Å². The van der Waals surface area contributed by atoms with Gasteiger partial charge in [-0.05, 0) is 37.1 Å². The van der Waals surface area contributed by atoms with Gasteiger partial charge in [0, 0.05) is 12.0 Å². The molecule has 5 rings (SSSR count). The molecule has 0 unspecified atom stereocenters. The number of nitrogens with one attached hydrogen (secondary N) is 1. The fourth-order valence-corrected chi connectivity index (χ4v) is 4.26. The minimum atomic E-state index is -3.77. The van der Waals surface area contributed by atoms with Crippen molar-refractivity contribution < 1.29 is 22.4 Å². The number of hydrogen-bond acceptors (Lipinski definition) is 7. The predicted molar refractivity (Wildman–Crippen MR) is 121 cm³/mol. The molecule has 1 amide bonds. The molecule has 1 aliphatic carbocycles. The highest BCUT2D eigenvalue weighted by atomic mass is 32.2. The van der Waals surface area contributed by atoms with Gasteiger partial charge in [0.1, 0.15) is 23.8 Å². The molecule has 0 radical (unpaired) electrons. The highest BCUT2D eigenvalue weighted by molar-refractivity contribution is 7.89. The van der Waals surface area contributed by atoms with E-state index in [0.29, 0.717) is 22.5 Å². The van der Waals surface area contributed by atoms with Gasteiger partial charge in [-0.15, -0.1) is 0 Å². The topological polar surface area (TPSA) is 116 Å². The van der Waals surface area contributed by atoms with Crippen LogP contribution in [0, 0.1) is 0 Å². The average Bonchev–Trinajstić information content (AvgIpc) is 3.39. The van der Waals surface area contributed by atoms with Crippen LogP contribution in [0.15, 0.2) is 59.2 Å². The lowest BCUT2D eigenvalue weighted by atomic mass is 9.82. The minimum Gasteiger partial charge on any atom is -0.485 e. The molecule has 170 valence electrons. The van der Waals surface area contributed by atoms with E-state index in [-0.39, 0.29) is 18.2 Å². The Balaban J connectivity index is 1.70. The number of amides is 1. The minimum absolute atomic E-state index is 0.0837. The van der Waals surface area contributed by atoms with Crippen molar-refractivity contribution >= 4 is 27.0 Å². The number of aromatic nitrogens is 3. The normalized spacial score (nSPS) is 14.2. The van der Waals surface area contributed by atoms with Crippen LogP contribution >= 0.6 is 0 Å². The molecule has 1 aromatic carbocycles. The number of carbonyl (C=O) groups is 1. The number of carbonyl (C=O) groups excluding carboxylic acids is 1. The van der Waals surface area contributed by atoms with E-state index in [9.17, 15) is 13.2 Å². The number of para-hydroxylation sites is 1. The summed E-state index contributed by atoms with van der Waals surface area (Å²) in [7, 11) is -3.77. The smallest absolute Gasteiger partial charge is 0.283 e. The van der Waals surface area contributed by atoms with E-state index in [0.717, 1.165) is 36.9 Å². The maximum absolute atomic E-state index is 12.7. The molecular formula is C23H22N4O5S. The van der Waals surface area contributed by atoms with Gasteiger partial charge in [-0.2, -0.15) is 5.10 Å². The van der Waals surface area contributed by atoms with Crippen molar-refractivity contribution in [2.45, 2.75) is 31.8 Å². The second kappa shape index (κ2) is 8.36. The highest BCUT2D eigenvalue weighted by Gasteiger charge is 2.30. The Morgan fingerprint density at radius 2 is 2.00 bits per heavy atom. The van der Waals surface area contributed by atoms with Gasteiger partial charge >= 0.3 is 0 Å². The molecular weight excluding hydrogens is 444 g/mol. The van der Waals surface area contributed by atoms with Crippen LogP contribution in [0.1, 0.15) is 47.1 Å². The maximum atomic E-state index is 12.7. The molecule has 0 spiro atoms. The van der Waals surface area contributed by atoms with Crippen molar-refractivity contribution in [2.75, 3.05) is 6.26 Å². The quantitative estimate of drug-likeness (QED) is 0.443. The molecule has 0 aliphatic heterocycles. The lowest BCUT2D eigenvalue weighted by Gasteiger charge is -2.24. The van der Waals surface area contributed by atoms with Crippen LogP contribution in [0.5, 0.6) is 5.75 Å². The van der Waals surface area contributed by atoms with Crippen molar-refractivity contribution in [3.05, 3.63) is 71.9 Å². The first-order valence-corrected chi connectivity index (χ1v) is 12.4. The molecule has 0 saturated heterocycles. The van der Waals surface area contributed by atoms with Crippen LogP contribution in [0.3, 0.4) is 0 Å². The second-order valence-corrected chi connectivity index (χ2v) is 9.78. The van der Waals surface area contributed by atoms with Gasteiger partial charge in [-0.1, -0.05) is 24.6 Å². The van der Waals surface area contributed by atoms with Crippen LogP contribution in [0.4, 0.5) is 0 Å². The van der Waals surface area contributed by atoms with Gasteiger partial charge in [0.2, 0.25) is 10.0 Å². The maximum Gasteiger partial charge on any atom is 0.283 e. The Morgan fingerprint density at radius 3 is 2.64 bits per heavy atom. The molecule has 10 heteroatoms. The van der Waals surface area contributed by atoms with E-state index in [4.69, 9.17) is 14.3 Å². The molecule has 3 aromatic heterocycles. The summed E-state index contributed by atoms with van der Waals surface area (Å²) in [6.45, 7) is 0.139. The zero-order valence-corrected chi connectivity index (χ0v) is 18.7. The Bertz CT molecular complexity index is 1410. The van der Waals surface area contributed by atoms with E-state index in [1.807, 2.05) is 35.1 Å². The zero-order valence-electron chi connectivity index (χ0n) is 17.9. The number of fused-ring (bicyclic) bond motifs is 1. The van der Waals surface area contributed by atoms with E-state index in [2.05, 4.69) is 4.98 Å². The average molecular weight is 467 g/mol. The molecule has 0 bridgehead atoms. The Kier molecular flexibility index (Phi) is 5.37. The SMILES string of the molecule is CS(=O)(=O)NC(=O)c1cc(OCc2ccco2)c2c(C3CCC3)nn(-c3ccccc3)c2n1. The van der Waals surface area contributed by atoms with Crippen LogP contribution in [-0.4, -0.2) is 35.3 Å². The first-order valence-electron chi connectivity index (χ1n) is 10.6. The van der Waals surface area contributed by atoms with E-state index >= 15 is 0 Å². The number of rotatable bonds is 7. The predicted octanol–water partition coefficient (Wildman–Crippen LogP) is 3.55. The molecule has 1 aliphatic rings. The Morgan fingerprint density at radius 1 is 1.21 bits per heavy atom. The van der Waals surface area contributed by atoms with Crippen molar-refractivity contribution in [3.63, 3.8) is 0 Å². The van der Waals surface area contributed by atoms with Gasteiger partial charge in [0.15, 0.2) is 5.65 Å². The van der Waals surface area contributed by atoms with Crippen LogP contribution in [-0.2, 0) is 16.6 Å². The molecule has 0 atom stereocenters. The summed E-state index contributed by atoms with van der Waals surface area (Å²) in [6.07, 6.45) is 5.61. The van der Waals surface area contributed by atoms with Crippen molar-refractivity contribution in [3.8, 4) is 11.4 Å². The summed E-state index contributed by atoms with van der Waals surface area (Å²) >= 11 is 0. The van der Waals surface area contributed by atoms with Crippen molar-refractivity contribution in [2.24, 2.45) is 0 Å². The third-order valence-electron chi connectivity index (χ3n) is 5.58. The van der Waals surface area contributed by atoms with E-state index < -0.39 is 15.9 Å². The Hall–Kier alpha value is -3.66. The van der Waals surface area contributed by atoms with Gasteiger partial charge in [0.05, 0.1) is 29.3 Å². The number of hydrogen-bond donors (Lipinski definition) is 1. The number of furan rings is 1. The Labute approximate surface area is 190 Å². The first kappa shape index (κ1) is 21.2. The van der Waals surface area contributed by atoms with E-state index in [1.54, 1.807) is 23.1 Å².